The number of nitrogens with zero attached hydrogens (tertiary/aromatic N) is 2. The first-order valence-corrected chi connectivity index (χ1v) is 13.3. The van der Waals surface area contributed by atoms with Crippen molar-refractivity contribution in [2.24, 2.45) is 10.2 Å². The van der Waals surface area contributed by atoms with Gasteiger partial charge in [-0.15, -0.1) is 5.11 Å². The molecule has 0 bridgehead atoms. The van der Waals surface area contributed by atoms with Crippen LogP contribution in [0.2, 0.25) is 10.0 Å². The predicted octanol–water partition coefficient (Wildman–Crippen LogP) is 3.71. The standard InChI is InChI=1S/C26H21Cl2N3O6S.Na/c1-3-16-19(27)9-11-22(25(16)38(34,35)36)30-31-23-17-7-5-4-6-14(17)12-18(24(23)32)26(33)29-21-10-8-15(37-2)13-20(21)28;/h4-13,32H,3H2,1-2H3,(H,29,33)(H,34,35,36);/q;+1/p-1. The Morgan fingerprint density at radius 3 is 2.41 bits per heavy atom. The Labute approximate surface area is 256 Å². The Morgan fingerprint density at radius 1 is 1.05 bits per heavy atom. The van der Waals surface area contributed by atoms with Crippen LogP contribution in [0.3, 0.4) is 0 Å². The Bertz CT molecular complexity index is 1710. The van der Waals surface area contributed by atoms with Gasteiger partial charge in [-0.05, 0) is 47.7 Å². The van der Waals surface area contributed by atoms with Gasteiger partial charge in [0.1, 0.15) is 16.3 Å². The van der Waals surface area contributed by atoms with Gasteiger partial charge in [-0.25, -0.2) is 0 Å². The van der Waals surface area contributed by atoms with Crippen molar-refractivity contribution in [3.8, 4) is 11.5 Å². The molecule has 0 atom stereocenters. The Balaban J connectivity index is 0.00000420. The summed E-state index contributed by atoms with van der Waals surface area (Å²) in [4.78, 5) is 12.6. The number of carbonyl (C=O) groups is 1. The fraction of sp³-hybridized carbons (Fsp3) is 0.115. The third kappa shape index (κ3) is 6.55. The molecule has 9 nitrogen and oxygen atoms in total. The minimum Gasteiger partial charge on any atom is -0.870 e. The van der Waals surface area contributed by atoms with Crippen LogP contribution in [-0.2, 0) is 16.5 Å². The number of carbonyl (C=O) groups excluding carboxylic acids is 1. The van der Waals surface area contributed by atoms with Crippen LogP contribution < -0.4 is 44.7 Å². The van der Waals surface area contributed by atoms with Gasteiger partial charge in [0, 0.05) is 22.0 Å². The first kappa shape index (κ1) is 30.8. The number of anilines is 1. The molecule has 13 heteroatoms. The van der Waals surface area contributed by atoms with Gasteiger partial charge in [0.2, 0.25) is 0 Å². The fourth-order valence-electron chi connectivity index (χ4n) is 3.88. The van der Waals surface area contributed by atoms with Crippen molar-refractivity contribution >= 4 is 67.1 Å². The van der Waals surface area contributed by atoms with Crippen LogP contribution in [0.5, 0.6) is 11.5 Å². The van der Waals surface area contributed by atoms with Crippen LogP contribution in [0.1, 0.15) is 22.8 Å². The van der Waals surface area contributed by atoms with Crippen molar-refractivity contribution in [1.29, 1.82) is 0 Å². The summed E-state index contributed by atoms with van der Waals surface area (Å²) in [5, 5.41) is 25.3. The van der Waals surface area contributed by atoms with Gasteiger partial charge in [-0.2, -0.15) is 13.5 Å². The molecule has 2 N–H and O–H groups in total. The van der Waals surface area contributed by atoms with Crippen LogP contribution in [0.25, 0.3) is 10.8 Å². The summed E-state index contributed by atoms with van der Waals surface area (Å²) < 4.78 is 39.2. The molecule has 1 amide bonds. The third-order valence-corrected chi connectivity index (χ3v) is 7.33. The van der Waals surface area contributed by atoms with E-state index in [1.54, 1.807) is 37.3 Å². The smallest absolute Gasteiger partial charge is 0.870 e. The second kappa shape index (κ2) is 12.6. The van der Waals surface area contributed by atoms with E-state index in [-0.39, 0.29) is 74.2 Å². The number of rotatable bonds is 7. The van der Waals surface area contributed by atoms with Gasteiger partial charge in [0.05, 0.1) is 23.5 Å². The van der Waals surface area contributed by atoms with Gasteiger partial charge in [-0.1, -0.05) is 60.1 Å². The zero-order valence-electron chi connectivity index (χ0n) is 21.0. The van der Waals surface area contributed by atoms with Gasteiger partial charge in [-0.3, -0.25) is 9.35 Å². The molecule has 4 rings (SSSR count). The monoisotopic (exact) mass is 595 g/mol. The summed E-state index contributed by atoms with van der Waals surface area (Å²) in [5.41, 5.74) is -0.216. The molecule has 0 aromatic heterocycles. The van der Waals surface area contributed by atoms with Crippen molar-refractivity contribution in [1.82, 2.24) is 0 Å². The first-order chi connectivity index (χ1) is 18.0. The molecule has 0 saturated heterocycles. The minimum absolute atomic E-state index is 0. The molecule has 4 aromatic rings. The quantitative estimate of drug-likeness (QED) is 0.189. The summed E-state index contributed by atoms with van der Waals surface area (Å²) >= 11 is 12.3. The molecule has 196 valence electrons. The topological polar surface area (TPSA) is 140 Å². The number of hydrogen-bond donors (Lipinski definition) is 2. The van der Waals surface area contributed by atoms with Crippen LogP contribution in [0.15, 0.2) is 75.8 Å². The average molecular weight is 596 g/mol. The number of azo groups is 1. The zero-order valence-corrected chi connectivity index (χ0v) is 25.4. The molecule has 0 aliphatic heterocycles. The SMILES string of the molecule is CCc1c(Cl)ccc(N=Nc2c([O-])c(C(=O)Nc3ccc(OC)cc3Cl)cc3ccccc23)c1S(=O)(=O)O.[Na+]. The van der Waals surface area contributed by atoms with Gasteiger partial charge < -0.3 is 15.2 Å². The van der Waals surface area contributed by atoms with Crippen molar-refractivity contribution in [3.05, 3.63) is 81.8 Å². The maximum Gasteiger partial charge on any atom is 1.00 e. The van der Waals surface area contributed by atoms with Crippen molar-refractivity contribution < 1.29 is 57.2 Å². The van der Waals surface area contributed by atoms with Gasteiger partial charge in [0.15, 0.2) is 0 Å². The van der Waals surface area contributed by atoms with E-state index in [9.17, 15) is 22.9 Å². The van der Waals surface area contributed by atoms with Gasteiger partial charge in [0.25, 0.3) is 16.0 Å². The van der Waals surface area contributed by atoms with Gasteiger partial charge >= 0.3 is 29.6 Å². The van der Waals surface area contributed by atoms with E-state index in [1.807, 2.05) is 0 Å². The van der Waals surface area contributed by atoms with Crippen molar-refractivity contribution in [3.63, 3.8) is 0 Å². The summed E-state index contributed by atoms with van der Waals surface area (Å²) in [6.45, 7) is 1.66. The Kier molecular flexibility index (Phi) is 10.0. The number of methoxy groups -OCH3 is 1. The van der Waals surface area contributed by atoms with Crippen LogP contribution in [0.4, 0.5) is 17.1 Å². The third-order valence-electron chi connectivity index (χ3n) is 5.70. The molecule has 0 fully saturated rings. The molecule has 0 heterocycles. The molecule has 0 radical (unpaired) electrons. The molecule has 0 spiro atoms. The largest absolute Gasteiger partial charge is 1.00 e. The molecule has 0 unspecified atom stereocenters. The second-order valence-corrected chi connectivity index (χ2v) is 10.2. The number of amides is 1. The number of benzene rings is 4. The van der Waals surface area contributed by atoms with E-state index in [4.69, 9.17) is 27.9 Å². The van der Waals surface area contributed by atoms with E-state index in [0.717, 1.165) is 0 Å². The summed E-state index contributed by atoms with van der Waals surface area (Å²) in [5.74, 6) is -0.987. The molecule has 0 aliphatic rings. The summed E-state index contributed by atoms with van der Waals surface area (Å²) in [6, 6.07) is 15.5. The molecular weight excluding hydrogens is 576 g/mol. The normalized spacial score (nSPS) is 11.4. The minimum atomic E-state index is -4.72. The van der Waals surface area contributed by atoms with E-state index >= 15 is 0 Å². The predicted molar refractivity (Wildman–Crippen MR) is 144 cm³/mol. The Hall–Kier alpha value is -2.70. The van der Waals surface area contributed by atoms with Crippen molar-refractivity contribution in [2.75, 3.05) is 12.4 Å². The maximum absolute atomic E-state index is 13.4. The first-order valence-electron chi connectivity index (χ1n) is 11.1. The number of nitrogens with one attached hydrogen (secondary N) is 1. The van der Waals surface area contributed by atoms with Crippen LogP contribution >= 0.6 is 23.2 Å². The number of ether oxygens (including phenoxy) is 1. The molecule has 39 heavy (non-hydrogen) atoms. The van der Waals surface area contributed by atoms with Crippen LogP contribution in [0, 0.1) is 0 Å². The Morgan fingerprint density at radius 2 is 1.77 bits per heavy atom. The average Bonchev–Trinajstić information content (AvgIpc) is 2.88. The van der Waals surface area contributed by atoms with Crippen molar-refractivity contribution in [2.45, 2.75) is 18.2 Å². The number of fused-ring (bicyclic) bond motifs is 1. The zero-order chi connectivity index (χ0) is 27.6. The number of hydrogen-bond acceptors (Lipinski definition) is 7. The second-order valence-electron chi connectivity index (χ2n) is 8.03. The van der Waals surface area contributed by atoms with E-state index in [1.165, 1.54) is 37.4 Å². The van der Waals surface area contributed by atoms with E-state index in [2.05, 4.69) is 15.5 Å². The summed E-state index contributed by atoms with van der Waals surface area (Å²) in [7, 11) is -3.25. The molecule has 4 aromatic carbocycles. The molecule has 0 aliphatic carbocycles. The summed E-state index contributed by atoms with van der Waals surface area (Å²) in [6.07, 6.45) is 0.191. The van der Waals surface area contributed by atoms with E-state index in [0.29, 0.717) is 16.5 Å². The molecule has 0 saturated carbocycles. The molecular formula is C26H20Cl2N3NaO6S. The van der Waals surface area contributed by atoms with E-state index < -0.39 is 26.7 Å². The van der Waals surface area contributed by atoms with Crippen LogP contribution in [-0.4, -0.2) is 26.0 Å². The number of halogens is 2. The maximum atomic E-state index is 13.4. The fourth-order valence-corrected chi connectivity index (χ4v) is 5.39.